The van der Waals surface area contributed by atoms with Gasteiger partial charge in [0.2, 0.25) is 5.95 Å². The van der Waals surface area contributed by atoms with Gasteiger partial charge in [0, 0.05) is 17.7 Å². The molecule has 0 saturated heterocycles. The first-order valence-electron chi connectivity index (χ1n) is 12.8. The lowest BCUT2D eigenvalue weighted by molar-refractivity contribution is 0.294. The van der Waals surface area contributed by atoms with Crippen LogP contribution >= 0.6 is 0 Å². The molecule has 1 fully saturated rings. The average Bonchev–Trinajstić information content (AvgIpc) is 2.74. The van der Waals surface area contributed by atoms with Crippen molar-refractivity contribution in [3.05, 3.63) is 23.5 Å². The number of hydrogen-bond acceptors (Lipinski definition) is 2. The first-order valence-corrected chi connectivity index (χ1v) is 12.8. The molecule has 0 amide bonds. The summed E-state index contributed by atoms with van der Waals surface area (Å²) in [7, 11) is 0. The van der Waals surface area contributed by atoms with Crippen molar-refractivity contribution >= 4 is 0 Å². The van der Waals surface area contributed by atoms with Crippen molar-refractivity contribution in [2.24, 2.45) is 5.92 Å². The van der Waals surface area contributed by atoms with Gasteiger partial charge in [0.25, 0.3) is 0 Å². The van der Waals surface area contributed by atoms with Gasteiger partial charge in [-0.25, -0.2) is 9.97 Å². The van der Waals surface area contributed by atoms with E-state index in [2.05, 4.69) is 23.8 Å². The summed E-state index contributed by atoms with van der Waals surface area (Å²) in [5.74, 6) is 1.73. The van der Waals surface area contributed by atoms with Crippen molar-refractivity contribution in [1.82, 2.24) is 9.97 Å². The number of rotatable bonds is 15. The molecule has 1 aromatic rings. The Bertz CT molecular complexity index is 538. The van der Waals surface area contributed by atoms with Gasteiger partial charge in [-0.1, -0.05) is 90.9 Å². The van der Waals surface area contributed by atoms with Crippen molar-refractivity contribution in [3.63, 3.8) is 0 Å². The molecule has 0 N–H and O–H groups in total. The molecule has 2 rings (SSSR count). The predicted octanol–water partition coefficient (Wildman–Crippen LogP) is 8.54. The lowest BCUT2D eigenvalue weighted by atomic mass is 9.79. The van der Waals surface area contributed by atoms with E-state index >= 15 is 0 Å². The average molecular weight is 405 g/mol. The number of hydrogen-bond donors (Lipinski definition) is 0. The molecule has 166 valence electrons. The summed E-state index contributed by atoms with van der Waals surface area (Å²) in [4.78, 5) is 8.85. The first-order chi connectivity index (χ1) is 14.2. The summed E-state index contributed by atoms with van der Waals surface area (Å²) in [5.41, 5.74) is 0.711. The predicted molar refractivity (Wildman–Crippen MR) is 122 cm³/mol. The van der Waals surface area contributed by atoms with E-state index in [9.17, 15) is 4.39 Å². The standard InChI is InChI=1S/C26H45FN2/c1-3-5-7-9-10-12-14-16-24-21-28-26(29-25(24)27)23-19-17-22(18-20-23)15-13-11-8-6-4-2/h21-23H,3-20H2,1-2H3/t22-,23-. The molecular weight excluding hydrogens is 359 g/mol. The molecule has 0 bridgehead atoms. The monoisotopic (exact) mass is 404 g/mol. The number of halogens is 1. The van der Waals surface area contributed by atoms with Gasteiger partial charge in [0.15, 0.2) is 0 Å². The third-order valence-corrected chi connectivity index (χ3v) is 6.81. The summed E-state index contributed by atoms with van der Waals surface area (Å²) >= 11 is 0. The molecule has 1 aromatic heterocycles. The van der Waals surface area contributed by atoms with Crippen LogP contribution in [0.5, 0.6) is 0 Å². The third-order valence-electron chi connectivity index (χ3n) is 6.81. The maximum absolute atomic E-state index is 14.5. The quantitative estimate of drug-likeness (QED) is 0.216. The zero-order chi connectivity index (χ0) is 20.7. The van der Waals surface area contributed by atoms with Crippen molar-refractivity contribution in [2.75, 3.05) is 0 Å². The van der Waals surface area contributed by atoms with Gasteiger partial charge in [0.05, 0.1) is 0 Å². The van der Waals surface area contributed by atoms with Crippen LogP contribution in [0.2, 0.25) is 0 Å². The Labute approximate surface area is 179 Å². The largest absolute Gasteiger partial charge is 0.241 e. The molecule has 29 heavy (non-hydrogen) atoms. The molecule has 0 aromatic carbocycles. The first kappa shape index (κ1) is 24.3. The van der Waals surface area contributed by atoms with Crippen LogP contribution in [0.1, 0.15) is 140 Å². The molecule has 0 aliphatic heterocycles. The van der Waals surface area contributed by atoms with Gasteiger partial charge in [-0.2, -0.15) is 4.39 Å². The minimum Gasteiger partial charge on any atom is -0.241 e. The van der Waals surface area contributed by atoms with Crippen LogP contribution in [0, 0.1) is 11.9 Å². The van der Waals surface area contributed by atoms with Crippen LogP contribution in [0.4, 0.5) is 4.39 Å². The van der Waals surface area contributed by atoms with Gasteiger partial charge in [-0.15, -0.1) is 0 Å². The third kappa shape index (κ3) is 9.57. The van der Waals surface area contributed by atoms with E-state index in [1.165, 1.54) is 89.9 Å². The van der Waals surface area contributed by atoms with E-state index in [1.807, 2.05) is 0 Å². The Kier molecular flexibility index (Phi) is 12.5. The molecule has 0 atom stereocenters. The van der Waals surface area contributed by atoms with E-state index in [0.717, 1.165) is 37.4 Å². The number of aryl methyl sites for hydroxylation is 1. The number of aromatic nitrogens is 2. The van der Waals surface area contributed by atoms with Crippen LogP contribution in [0.3, 0.4) is 0 Å². The summed E-state index contributed by atoms with van der Waals surface area (Å²) < 4.78 is 14.5. The summed E-state index contributed by atoms with van der Waals surface area (Å²) in [6.07, 6.45) is 24.4. The minimum absolute atomic E-state index is 0.265. The number of nitrogens with zero attached hydrogens (tertiary/aromatic N) is 2. The highest BCUT2D eigenvalue weighted by Crippen LogP contribution is 2.36. The minimum atomic E-state index is -0.265. The smallest absolute Gasteiger partial charge is 0.219 e. The Morgan fingerprint density at radius 3 is 2.00 bits per heavy atom. The van der Waals surface area contributed by atoms with Crippen LogP contribution in [0.25, 0.3) is 0 Å². The summed E-state index contributed by atoms with van der Waals surface area (Å²) in [6, 6.07) is 0. The van der Waals surface area contributed by atoms with Crippen molar-refractivity contribution in [3.8, 4) is 0 Å². The van der Waals surface area contributed by atoms with E-state index in [4.69, 9.17) is 0 Å². The molecule has 0 spiro atoms. The van der Waals surface area contributed by atoms with Crippen LogP contribution in [-0.2, 0) is 6.42 Å². The molecule has 1 saturated carbocycles. The second-order valence-corrected chi connectivity index (χ2v) is 9.34. The van der Waals surface area contributed by atoms with Gasteiger partial charge in [-0.05, 0) is 44.4 Å². The van der Waals surface area contributed by atoms with Gasteiger partial charge < -0.3 is 0 Å². The maximum Gasteiger partial charge on any atom is 0.219 e. The fourth-order valence-electron chi connectivity index (χ4n) is 4.78. The molecule has 1 aliphatic rings. The van der Waals surface area contributed by atoms with E-state index in [-0.39, 0.29) is 5.95 Å². The Morgan fingerprint density at radius 1 is 0.793 bits per heavy atom. The Morgan fingerprint density at radius 2 is 1.38 bits per heavy atom. The number of unbranched alkanes of at least 4 members (excludes halogenated alkanes) is 10. The fourth-order valence-corrected chi connectivity index (χ4v) is 4.78. The van der Waals surface area contributed by atoms with Crippen molar-refractivity contribution < 1.29 is 4.39 Å². The highest BCUT2D eigenvalue weighted by Gasteiger charge is 2.24. The van der Waals surface area contributed by atoms with Gasteiger partial charge in [0.1, 0.15) is 5.82 Å². The maximum atomic E-state index is 14.5. The second-order valence-electron chi connectivity index (χ2n) is 9.34. The summed E-state index contributed by atoms with van der Waals surface area (Å²) in [6.45, 7) is 4.52. The van der Waals surface area contributed by atoms with Crippen molar-refractivity contribution in [2.45, 2.75) is 135 Å². The van der Waals surface area contributed by atoms with Gasteiger partial charge >= 0.3 is 0 Å². The van der Waals surface area contributed by atoms with E-state index in [1.54, 1.807) is 6.20 Å². The Balaban J connectivity index is 1.65. The summed E-state index contributed by atoms with van der Waals surface area (Å²) in [5, 5.41) is 0. The van der Waals surface area contributed by atoms with Gasteiger partial charge in [-0.3, -0.25) is 0 Å². The van der Waals surface area contributed by atoms with Crippen molar-refractivity contribution in [1.29, 1.82) is 0 Å². The topological polar surface area (TPSA) is 25.8 Å². The highest BCUT2D eigenvalue weighted by atomic mass is 19.1. The fraction of sp³-hybridized carbons (Fsp3) is 0.846. The van der Waals surface area contributed by atoms with Crippen LogP contribution in [-0.4, -0.2) is 9.97 Å². The van der Waals surface area contributed by atoms with E-state index in [0.29, 0.717) is 11.5 Å². The normalized spacial score (nSPS) is 19.6. The molecular formula is C26H45FN2. The van der Waals surface area contributed by atoms with Crippen LogP contribution in [0.15, 0.2) is 6.20 Å². The lowest BCUT2D eigenvalue weighted by Crippen LogP contribution is -2.16. The van der Waals surface area contributed by atoms with E-state index < -0.39 is 0 Å². The molecule has 2 nitrogen and oxygen atoms in total. The molecule has 0 unspecified atom stereocenters. The highest BCUT2D eigenvalue weighted by molar-refractivity contribution is 5.10. The van der Waals surface area contributed by atoms with Crippen LogP contribution < -0.4 is 0 Å². The molecule has 0 radical (unpaired) electrons. The Hall–Kier alpha value is -0.990. The SMILES string of the molecule is CCCCCCCCCc1cnc([C@H]2CC[C@H](CCCCCCC)CC2)nc1F. The zero-order valence-electron chi connectivity index (χ0n) is 19.2. The second kappa shape index (κ2) is 14.9. The lowest BCUT2D eigenvalue weighted by Gasteiger charge is -2.27. The zero-order valence-corrected chi connectivity index (χ0v) is 19.2. The molecule has 3 heteroatoms. The molecule has 1 aliphatic carbocycles. The molecule has 1 heterocycles.